The highest BCUT2D eigenvalue weighted by Gasteiger charge is 2.22. The standard InChI is InChI=1S/C15H22N2O3/c1-4-17(11(2)10-14(18)19)15(20)16-12(3)13-8-6-5-7-9-13/h5-9,11-12H,4,10H2,1-3H3,(H,16,20)(H,18,19). The lowest BCUT2D eigenvalue weighted by Crippen LogP contribution is -2.46. The normalized spacial score (nSPS) is 13.3. The van der Waals surface area contributed by atoms with E-state index in [1.54, 1.807) is 6.92 Å². The number of rotatable bonds is 6. The van der Waals surface area contributed by atoms with Gasteiger partial charge in [0.15, 0.2) is 0 Å². The zero-order chi connectivity index (χ0) is 15.1. The third-order valence-electron chi connectivity index (χ3n) is 3.24. The van der Waals surface area contributed by atoms with Crippen molar-refractivity contribution < 1.29 is 14.7 Å². The number of carboxylic acids is 1. The fourth-order valence-corrected chi connectivity index (χ4v) is 2.11. The van der Waals surface area contributed by atoms with Gasteiger partial charge < -0.3 is 15.3 Å². The molecule has 0 saturated carbocycles. The van der Waals surface area contributed by atoms with Gasteiger partial charge in [-0.25, -0.2) is 4.79 Å². The van der Waals surface area contributed by atoms with E-state index in [2.05, 4.69) is 5.32 Å². The van der Waals surface area contributed by atoms with Crippen molar-refractivity contribution in [3.05, 3.63) is 35.9 Å². The van der Waals surface area contributed by atoms with Crippen molar-refractivity contribution in [1.29, 1.82) is 0 Å². The predicted octanol–water partition coefficient (Wildman–Crippen LogP) is 2.64. The molecule has 0 radical (unpaired) electrons. The van der Waals surface area contributed by atoms with Gasteiger partial charge in [-0.1, -0.05) is 30.3 Å². The van der Waals surface area contributed by atoms with Crippen LogP contribution in [0.5, 0.6) is 0 Å². The van der Waals surface area contributed by atoms with E-state index in [1.807, 2.05) is 44.2 Å². The van der Waals surface area contributed by atoms with Crippen molar-refractivity contribution in [2.75, 3.05) is 6.54 Å². The Kier molecular flexibility index (Phi) is 6.03. The van der Waals surface area contributed by atoms with Crippen molar-refractivity contribution in [3.63, 3.8) is 0 Å². The van der Waals surface area contributed by atoms with E-state index in [-0.39, 0.29) is 24.5 Å². The molecule has 0 aliphatic rings. The van der Waals surface area contributed by atoms with Gasteiger partial charge in [0.05, 0.1) is 12.5 Å². The molecule has 2 amide bonds. The fourth-order valence-electron chi connectivity index (χ4n) is 2.11. The van der Waals surface area contributed by atoms with Gasteiger partial charge in [0, 0.05) is 12.6 Å². The number of carbonyl (C=O) groups excluding carboxylic acids is 1. The first-order chi connectivity index (χ1) is 9.45. The summed E-state index contributed by atoms with van der Waals surface area (Å²) in [6.45, 7) is 5.96. The van der Waals surface area contributed by atoms with E-state index in [0.717, 1.165) is 5.56 Å². The van der Waals surface area contributed by atoms with Gasteiger partial charge >= 0.3 is 12.0 Å². The van der Waals surface area contributed by atoms with Crippen LogP contribution in [0.4, 0.5) is 4.79 Å². The molecule has 0 saturated heterocycles. The van der Waals surface area contributed by atoms with Gasteiger partial charge in [-0.15, -0.1) is 0 Å². The molecule has 5 nitrogen and oxygen atoms in total. The van der Waals surface area contributed by atoms with Crippen LogP contribution in [0.15, 0.2) is 30.3 Å². The van der Waals surface area contributed by atoms with E-state index in [1.165, 1.54) is 4.90 Å². The van der Waals surface area contributed by atoms with Crippen molar-refractivity contribution in [2.45, 2.75) is 39.3 Å². The zero-order valence-electron chi connectivity index (χ0n) is 12.2. The second-order valence-corrected chi connectivity index (χ2v) is 4.81. The number of nitrogens with zero attached hydrogens (tertiary/aromatic N) is 1. The molecule has 0 aliphatic heterocycles. The molecule has 0 aromatic heterocycles. The van der Waals surface area contributed by atoms with Crippen LogP contribution in [-0.4, -0.2) is 34.6 Å². The van der Waals surface area contributed by atoms with Crippen molar-refractivity contribution >= 4 is 12.0 Å². The number of nitrogens with one attached hydrogen (secondary N) is 1. The van der Waals surface area contributed by atoms with Crippen LogP contribution in [0, 0.1) is 0 Å². The number of amides is 2. The Morgan fingerprint density at radius 3 is 2.35 bits per heavy atom. The highest BCUT2D eigenvalue weighted by molar-refractivity contribution is 5.76. The predicted molar refractivity (Wildman–Crippen MR) is 77.5 cm³/mol. The molecule has 5 heteroatoms. The summed E-state index contributed by atoms with van der Waals surface area (Å²) in [4.78, 5) is 24.5. The van der Waals surface area contributed by atoms with Crippen LogP contribution in [0.25, 0.3) is 0 Å². The number of aliphatic carboxylic acids is 1. The van der Waals surface area contributed by atoms with Crippen molar-refractivity contribution in [2.24, 2.45) is 0 Å². The Morgan fingerprint density at radius 2 is 1.85 bits per heavy atom. The molecule has 1 aromatic carbocycles. The molecule has 2 atom stereocenters. The largest absolute Gasteiger partial charge is 0.481 e. The number of hydrogen-bond donors (Lipinski definition) is 2. The highest BCUT2D eigenvalue weighted by Crippen LogP contribution is 2.13. The summed E-state index contributed by atoms with van der Waals surface area (Å²) in [7, 11) is 0. The molecule has 0 fully saturated rings. The fraction of sp³-hybridized carbons (Fsp3) is 0.467. The lowest BCUT2D eigenvalue weighted by Gasteiger charge is -2.29. The van der Waals surface area contributed by atoms with Gasteiger partial charge in [0.2, 0.25) is 0 Å². The van der Waals surface area contributed by atoms with Crippen LogP contribution in [-0.2, 0) is 4.79 Å². The highest BCUT2D eigenvalue weighted by atomic mass is 16.4. The Morgan fingerprint density at radius 1 is 1.25 bits per heavy atom. The van der Waals surface area contributed by atoms with Crippen LogP contribution in [0.2, 0.25) is 0 Å². The minimum atomic E-state index is -0.903. The maximum absolute atomic E-state index is 12.2. The van der Waals surface area contributed by atoms with E-state index < -0.39 is 5.97 Å². The molecule has 20 heavy (non-hydrogen) atoms. The number of hydrogen-bond acceptors (Lipinski definition) is 2. The van der Waals surface area contributed by atoms with Crippen LogP contribution in [0.1, 0.15) is 38.8 Å². The average Bonchev–Trinajstić information content (AvgIpc) is 2.39. The summed E-state index contributed by atoms with van der Waals surface area (Å²) in [6.07, 6.45) is -0.0546. The maximum atomic E-state index is 12.2. The second-order valence-electron chi connectivity index (χ2n) is 4.81. The summed E-state index contributed by atoms with van der Waals surface area (Å²) in [6, 6.07) is 8.97. The SMILES string of the molecule is CCN(C(=O)NC(C)c1ccccc1)C(C)CC(=O)O. The molecule has 0 heterocycles. The first-order valence-corrected chi connectivity index (χ1v) is 6.79. The summed E-state index contributed by atoms with van der Waals surface area (Å²) < 4.78 is 0. The maximum Gasteiger partial charge on any atom is 0.318 e. The van der Waals surface area contributed by atoms with Crippen molar-refractivity contribution in [1.82, 2.24) is 10.2 Å². The molecule has 1 rings (SSSR count). The Hall–Kier alpha value is -2.04. The Balaban J connectivity index is 2.65. The van der Waals surface area contributed by atoms with E-state index >= 15 is 0 Å². The molecular formula is C15H22N2O3. The lowest BCUT2D eigenvalue weighted by atomic mass is 10.1. The van der Waals surface area contributed by atoms with E-state index in [4.69, 9.17) is 5.11 Å². The van der Waals surface area contributed by atoms with Crippen LogP contribution in [0.3, 0.4) is 0 Å². The molecular weight excluding hydrogens is 256 g/mol. The molecule has 0 spiro atoms. The van der Waals surface area contributed by atoms with Crippen LogP contribution < -0.4 is 5.32 Å². The van der Waals surface area contributed by atoms with Gasteiger partial charge in [-0.3, -0.25) is 4.79 Å². The number of carboxylic acid groups (broad SMARTS) is 1. The Bertz CT molecular complexity index is 448. The molecule has 2 unspecified atom stereocenters. The van der Waals surface area contributed by atoms with Gasteiger partial charge in [-0.05, 0) is 26.3 Å². The van der Waals surface area contributed by atoms with E-state index in [9.17, 15) is 9.59 Å². The molecule has 0 bridgehead atoms. The average molecular weight is 278 g/mol. The van der Waals surface area contributed by atoms with Crippen molar-refractivity contribution in [3.8, 4) is 0 Å². The lowest BCUT2D eigenvalue weighted by molar-refractivity contribution is -0.138. The molecule has 0 aliphatic carbocycles. The third-order valence-corrected chi connectivity index (χ3v) is 3.24. The Labute approximate surface area is 119 Å². The van der Waals surface area contributed by atoms with Gasteiger partial charge in [0.1, 0.15) is 0 Å². The monoisotopic (exact) mass is 278 g/mol. The van der Waals surface area contributed by atoms with Gasteiger partial charge in [-0.2, -0.15) is 0 Å². The first kappa shape index (κ1) is 16.0. The summed E-state index contributed by atoms with van der Waals surface area (Å²) in [5, 5.41) is 11.7. The molecule has 1 aromatic rings. The first-order valence-electron chi connectivity index (χ1n) is 6.79. The molecule has 2 N–H and O–H groups in total. The summed E-state index contributed by atoms with van der Waals surface area (Å²) in [5.41, 5.74) is 1.02. The minimum Gasteiger partial charge on any atom is -0.481 e. The van der Waals surface area contributed by atoms with E-state index in [0.29, 0.717) is 6.54 Å². The quantitative estimate of drug-likeness (QED) is 0.840. The topological polar surface area (TPSA) is 69.6 Å². The number of carbonyl (C=O) groups is 2. The smallest absolute Gasteiger partial charge is 0.318 e. The zero-order valence-corrected chi connectivity index (χ0v) is 12.2. The number of benzene rings is 1. The van der Waals surface area contributed by atoms with Gasteiger partial charge in [0.25, 0.3) is 0 Å². The third kappa shape index (κ3) is 4.57. The van der Waals surface area contributed by atoms with Crippen LogP contribution >= 0.6 is 0 Å². The number of urea groups is 1. The second kappa shape index (κ2) is 7.53. The molecule has 110 valence electrons. The summed E-state index contributed by atoms with van der Waals surface area (Å²) in [5.74, 6) is -0.903. The minimum absolute atomic E-state index is 0.0546. The summed E-state index contributed by atoms with van der Waals surface area (Å²) >= 11 is 0.